The molecule has 1 aromatic rings. The van der Waals surface area contributed by atoms with Crippen LogP contribution in [0.15, 0.2) is 30.5 Å². The number of amides is 2. The first-order valence-corrected chi connectivity index (χ1v) is 8.42. The molecule has 9 heteroatoms. The molecule has 0 aromatic heterocycles. The number of nitrogens with zero attached hydrogens (tertiary/aromatic N) is 1. The van der Waals surface area contributed by atoms with Gasteiger partial charge in [0.15, 0.2) is 0 Å². The van der Waals surface area contributed by atoms with Crippen molar-refractivity contribution in [3.63, 3.8) is 0 Å². The molecule has 1 N–H and O–H groups in total. The fourth-order valence-corrected chi connectivity index (χ4v) is 2.14. The van der Waals surface area contributed by atoms with Crippen molar-refractivity contribution in [2.24, 2.45) is 0 Å². The number of nitrogens with one attached hydrogen (secondary N) is 1. The zero-order chi connectivity index (χ0) is 19.5. The lowest BCUT2D eigenvalue weighted by molar-refractivity contribution is -0.116. The minimum atomic E-state index is -0.558. The average molecular weight is 403 g/mol. The molecule has 2 amide bonds. The third kappa shape index (κ3) is 7.43. The van der Waals surface area contributed by atoms with Gasteiger partial charge in [0.1, 0.15) is 6.61 Å². The largest absolute Gasteiger partial charge is 0.459 e. The van der Waals surface area contributed by atoms with Crippen LogP contribution in [0.5, 0.6) is 0 Å². The Hall–Kier alpha value is -2.09. The molecule has 7 nitrogen and oxygen atoms in total. The highest BCUT2D eigenvalue weighted by molar-refractivity contribution is 6.42. The standard InChI is InChI=1S/C17H20Cl2N2O5/c1-20-16(23)6-8-21(11-22)7-5-13(25-2)10-26-17(24)12-3-4-14(18)15(19)9-12/h3-4,6,8-9,11,13H,5,7,10H2,1-2H3,(H,20,23)/b8-6-. The first kappa shape index (κ1) is 22.0. The summed E-state index contributed by atoms with van der Waals surface area (Å²) in [4.78, 5) is 35.5. The Labute approximate surface area is 161 Å². The molecule has 142 valence electrons. The Balaban J connectivity index is 2.52. The lowest BCUT2D eigenvalue weighted by atomic mass is 10.2. The molecule has 0 fully saturated rings. The molecule has 0 aliphatic carbocycles. The van der Waals surface area contributed by atoms with Crippen LogP contribution in [0, 0.1) is 0 Å². The van der Waals surface area contributed by atoms with Gasteiger partial charge in [0.25, 0.3) is 0 Å². The van der Waals surface area contributed by atoms with E-state index in [1.165, 1.54) is 49.5 Å². The van der Waals surface area contributed by atoms with Gasteiger partial charge in [0, 0.05) is 33.0 Å². The van der Waals surface area contributed by atoms with E-state index in [1.807, 2.05) is 0 Å². The monoisotopic (exact) mass is 402 g/mol. The number of rotatable bonds is 10. The molecule has 1 aromatic carbocycles. The van der Waals surface area contributed by atoms with Crippen molar-refractivity contribution >= 4 is 41.5 Å². The van der Waals surface area contributed by atoms with E-state index >= 15 is 0 Å². The van der Waals surface area contributed by atoms with Crippen LogP contribution in [0.3, 0.4) is 0 Å². The maximum absolute atomic E-state index is 12.0. The summed E-state index contributed by atoms with van der Waals surface area (Å²) in [7, 11) is 2.96. The Morgan fingerprint density at radius 2 is 2.04 bits per heavy atom. The van der Waals surface area contributed by atoms with Crippen molar-refractivity contribution in [3.05, 3.63) is 46.1 Å². The molecule has 0 heterocycles. The number of methoxy groups -OCH3 is 1. The SMILES string of the molecule is CNC(=O)/C=C\N(C=O)CCC(COC(=O)c1ccc(Cl)c(Cl)c1)OC. The van der Waals surface area contributed by atoms with Gasteiger partial charge >= 0.3 is 5.97 Å². The molecular formula is C17H20Cl2N2O5. The smallest absolute Gasteiger partial charge is 0.338 e. The molecule has 1 rings (SSSR count). The van der Waals surface area contributed by atoms with Gasteiger partial charge < -0.3 is 19.7 Å². The van der Waals surface area contributed by atoms with Crippen molar-refractivity contribution in [1.29, 1.82) is 0 Å². The van der Waals surface area contributed by atoms with E-state index in [4.69, 9.17) is 32.7 Å². The molecular weight excluding hydrogens is 383 g/mol. The number of benzene rings is 1. The van der Waals surface area contributed by atoms with E-state index < -0.39 is 12.1 Å². The molecule has 0 bridgehead atoms. The second kappa shape index (κ2) is 11.5. The van der Waals surface area contributed by atoms with Gasteiger partial charge in [-0.1, -0.05) is 23.2 Å². The summed E-state index contributed by atoms with van der Waals surface area (Å²) in [5, 5.41) is 3.01. The van der Waals surface area contributed by atoms with Crippen LogP contribution in [0.2, 0.25) is 10.0 Å². The predicted molar refractivity (Wildman–Crippen MR) is 98.1 cm³/mol. The Bertz CT molecular complexity index is 667. The van der Waals surface area contributed by atoms with Gasteiger partial charge in [0.05, 0.1) is 21.7 Å². The number of esters is 1. The molecule has 26 heavy (non-hydrogen) atoms. The molecule has 0 aliphatic rings. The molecule has 0 radical (unpaired) electrons. The third-order valence-corrected chi connectivity index (χ3v) is 4.14. The molecule has 0 saturated carbocycles. The number of carbonyl (C=O) groups is 3. The number of hydrogen-bond donors (Lipinski definition) is 1. The summed E-state index contributed by atoms with van der Waals surface area (Å²) in [6.07, 6.45) is 3.17. The topological polar surface area (TPSA) is 84.9 Å². The second-order valence-corrected chi connectivity index (χ2v) is 5.96. The number of hydrogen-bond acceptors (Lipinski definition) is 5. The minimum Gasteiger partial charge on any atom is -0.459 e. The van der Waals surface area contributed by atoms with Crippen molar-refractivity contribution in [2.75, 3.05) is 27.3 Å². The van der Waals surface area contributed by atoms with E-state index in [9.17, 15) is 14.4 Å². The van der Waals surface area contributed by atoms with Crippen LogP contribution >= 0.6 is 23.2 Å². The molecule has 0 saturated heterocycles. The Morgan fingerprint density at radius 3 is 2.62 bits per heavy atom. The highest BCUT2D eigenvalue weighted by Crippen LogP contribution is 2.23. The van der Waals surface area contributed by atoms with Gasteiger partial charge in [-0.2, -0.15) is 0 Å². The summed E-state index contributed by atoms with van der Waals surface area (Å²) < 4.78 is 10.5. The summed E-state index contributed by atoms with van der Waals surface area (Å²) in [6.45, 7) is 0.293. The van der Waals surface area contributed by atoms with Crippen molar-refractivity contribution in [2.45, 2.75) is 12.5 Å². The van der Waals surface area contributed by atoms with Crippen molar-refractivity contribution in [3.8, 4) is 0 Å². The second-order valence-electron chi connectivity index (χ2n) is 5.15. The van der Waals surface area contributed by atoms with Gasteiger partial charge in [-0.05, 0) is 24.6 Å². The zero-order valence-electron chi connectivity index (χ0n) is 14.4. The number of halogens is 2. The first-order valence-electron chi connectivity index (χ1n) is 7.67. The summed E-state index contributed by atoms with van der Waals surface area (Å²) in [5.74, 6) is -0.881. The number of carbonyl (C=O) groups excluding carboxylic acids is 3. The van der Waals surface area contributed by atoms with E-state index in [1.54, 1.807) is 0 Å². The van der Waals surface area contributed by atoms with Crippen LogP contribution < -0.4 is 5.32 Å². The normalized spacial score (nSPS) is 11.8. The molecule has 1 unspecified atom stereocenters. The highest BCUT2D eigenvalue weighted by Gasteiger charge is 2.15. The van der Waals surface area contributed by atoms with Crippen molar-refractivity contribution < 1.29 is 23.9 Å². The average Bonchev–Trinajstić information content (AvgIpc) is 2.65. The minimum absolute atomic E-state index is 0.00142. The zero-order valence-corrected chi connectivity index (χ0v) is 15.9. The maximum Gasteiger partial charge on any atom is 0.338 e. The van der Waals surface area contributed by atoms with Gasteiger partial charge in [-0.3, -0.25) is 9.59 Å². The van der Waals surface area contributed by atoms with Crippen LogP contribution in [0.25, 0.3) is 0 Å². The Kier molecular flexibility index (Phi) is 9.72. The number of likely N-dealkylation sites (N-methyl/N-ethyl adjacent to an activating group) is 1. The summed E-state index contributed by atoms with van der Waals surface area (Å²) in [5.41, 5.74) is 0.275. The van der Waals surface area contributed by atoms with Crippen LogP contribution in [0.4, 0.5) is 0 Å². The van der Waals surface area contributed by atoms with Gasteiger partial charge in [-0.15, -0.1) is 0 Å². The number of ether oxygens (including phenoxy) is 2. The highest BCUT2D eigenvalue weighted by atomic mass is 35.5. The maximum atomic E-state index is 12.0. The molecule has 1 atom stereocenters. The molecule has 0 spiro atoms. The predicted octanol–water partition coefficient (Wildman–Crippen LogP) is 2.27. The van der Waals surface area contributed by atoms with Crippen LogP contribution in [0.1, 0.15) is 16.8 Å². The van der Waals surface area contributed by atoms with Gasteiger partial charge in [0.2, 0.25) is 12.3 Å². The quantitative estimate of drug-likeness (QED) is 0.368. The summed E-state index contributed by atoms with van der Waals surface area (Å²) >= 11 is 11.7. The van der Waals surface area contributed by atoms with Crippen LogP contribution in [-0.4, -0.2) is 56.6 Å². The van der Waals surface area contributed by atoms with E-state index in [0.717, 1.165) is 0 Å². The van der Waals surface area contributed by atoms with Crippen molar-refractivity contribution in [1.82, 2.24) is 10.2 Å². The summed E-state index contributed by atoms with van der Waals surface area (Å²) in [6, 6.07) is 4.44. The fourth-order valence-electron chi connectivity index (χ4n) is 1.85. The van der Waals surface area contributed by atoms with E-state index in [-0.39, 0.29) is 23.1 Å². The van der Waals surface area contributed by atoms with Crippen LogP contribution in [-0.2, 0) is 19.1 Å². The van der Waals surface area contributed by atoms with E-state index in [0.29, 0.717) is 24.4 Å². The van der Waals surface area contributed by atoms with E-state index in [2.05, 4.69) is 5.32 Å². The third-order valence-electron chi connectivity index (χ3n) is 3.40. The first-order chi connectivity index (χ1) is 12.4. The Morgan fingerprint density at radius 1 is 1.31 bits per heavy atom. The lowest BCUT2D eigenvalue weighted by Gasteiger charge is -2.18. The lowest BCUT2D eigenvalue weighted by Crippen LogP contribution is -2.27. The van der Waals surface area contributed by atoms with Gasteiger partial charge in [-0.25, -0.2) is 4.79 Å². The fraction of sp³-hybridized carbons (Fsp3) is 0.353. The molecule has 0 aliphatic heterocycles.